The Balaban J connectivity index is 2.49. The fraction of sp³-hybridized carbons (Fsp3) is 0.647. The van der Waals surface area contributed by atoms with E-state index in [4.69, 9.17) is 0 Å². The van der Waals surface area contributed by atoms with E-state index in [-0.39, 0.29) is 11.9 Å². The van der Waals surface area contributed by atoms with Crippen molar-refractivity contribution in [3.8, 4) is 0 Å². The standard InChI is InChI=1S/C17H28FN/c1-3-5-6-7-8-13-17(19-14-4-2)15-11-9-10-12-16(15)18/h9-12,17,19H,3-8,13-14H2,1-2H3. The lowest BCUT2D eigenvalue weighted by Gasteiger charge is -2.19. The maximum absolute atomic E-state index is 13.9. The van der Waals surface area contributed by atoms with Crippen LogP contribution < -0.4 is 5.32 Å². The summed E-state index contributed by atoms with van der Waals surface area (Å²) in [6.07, 6.45) is 8.43. The van der Waals surface area contributed by atoms with E-state index in [2.05, 4.69) is 19.2 Å². The molecule has 2 heteroatoms. The SMILES string of the molecule is CCCCCCCC(NCCC)c1ccccc1F. The van der Waals surface area contributed by atoms with Gasteiger partial charge in [-0.1, -0.05) is 64.2 Å². The average molecular weight is 265 g/mol. The van der Waals surface area contributed by atoms with E-state index >= 15 is 0 Å². The van der Waals surface area contributed by atoms with Crippen molar-refractivity contribution < 1.29 is 4.39 Å². The molecule has 1 rings (SSSR count). The summed E-state index contributed by atoms with van der Waals surface area (Å²) in [4.78, 5) is 0. The third-order valence-corrected chi connectivity index (χ3v) is 3.52. The fourth-order valence-corrected chi connectivity index (χ4v) is 2.40. The smallest absolute Gasteiger partial charge is 0.127 e. The summed E-state index contributed by atoms with van der Waals surface area (Å²) in [7, 11) is 0. The zero-order chi connectivity index (χ0) is 13.9. The number of benzene rings is 1. The number of halogens is 1. The Morgan fingerprint density at radius 2 is 1.74 bits per heavy atom. The van der Waals surface area contributed by atoms with Crippen molar-refractivity contribution in [2.75, 3.05) is 6.54 Å². The van der Waals surface area contributed by atoms with Crippen LogP contribution in [0, 0.1) is 5.82 Å². The number of unbranched alkanes of at least 4 members (excludes halogenated alkanes) is 4. The van der Waals surface area contributed by atoms with Crippen molar-refractivity contribution in [1.82, 2.24) is 5.32 Å². The quantitative estimate of drug-likeness (QED) is 0.571. The normalized spacial score (nSPS) is 12.6. The molecule has 0 spiro atoms. The molecule has 19 heavy (non-hydrogen) atoms. The first-order valence-corrected chi connectivity index (χ1v) is 7.77. The molecule has 0 saturated carbocycles. The second-order valence-electron chi connectivity index (χ2n) is 5.23. The van der Waals surface area contributed by atoms with Gasteiger partial charge in [0.1, 0.15) is 5.82 Å². The van der Waals surface area contributed by atoms with Crippen molar-refractivity contribution in [2.45, 2.75) is 64.8 Å². The Morgan fingerprint density at radius 3 is 2.42 bits per heavy atom. The minimum atomic E-state index is -0.0790. The number of hydrogen-bond donors (Lipinski definition) is 1. The van der Waals surface area contributed by atoms with Crippen molar-refractivity contribution in [3.63, 3.8) is 0 Å². The maximum Gasteiger partial charge on any atom is 0.127 e. The molecule has 1 aromatic carbocycles. The van der Waals surface area contributed by atoms with Crippen LogP contribution in [0.2, 0.25) is 0 Å². The number of rotatable bonds is 10. The van der Waals surface area contributed by atoms with Gasteiger partial charge in [0, 0.05) is 11.6 Å². The van der Waals surface area contributed by atoms with Crippen molar-refractivity contribution in [3.05, 3.63) is 35.6 Å². The molecule has 0 radical (unpaired) electrons. The molecule has 1 atom stereocenters. The zero-order valence-corrected chi connectivity index (χ0v) is 12.4. The predicted octanol–water partition coefficient (Wildman–Crippen LogP) is 5.23. The van der Waals surface area contributed by atoms with Crippen molar-refractivity contribution in [2.24, 2.45) is 0 Å². The molecule has 0 fully saturated rings. The van der Waals surface area contributed by atoms with E-state index in [9.17, 15) is 4.39 Å². The lowest BCUT2D eigenvalue weighted by atomic mass is 9.99. The van der Waals surface area contributed by atoms with Gasteiger partial charge in [0.05, 0.1) is 0 Å². The summed E-state index contributed by atoms with van der Waals surface area (Å²) < 4.78 is 13.9. The van der Waals surface area contributed by atoms with Gasteiger partial charge < -0.3 is 5.32 Å². The molecular formula is C17H28FN. The predicted molar refractivity (Wildman–Crippen MR) is 80.8 cm³/mol. The first-order chi connectivity index (χ1) is 9.29. The van der Waals surface area contributed by atoms with Gasteiger partial charge in [-0.25, -0.2) is 4.39 Å². The molecule has 1 unspecified atom stereocenters. The first kappa shape index (κ1) is 16.2. The zero-order valence-electron chi connectivity index (χ0n) is 12.4. The summed E-state index contributed by atoms with van der Waals surface area (Å²) in [5.74, 6) is -0.0790. The molecule has 0 aliphatic rings. The van der Waals surface area contributed by atoms with Gasteiger partial charge >= 0.3 is 0 Å². The molecule has 1 N–H and O–H groups in total. The molecule has 0 aliphatic heterocycles. The minimum Gasteiger partial charge on any atom is -0.310 e. The van der Waals surface area contributed by atoms with Crippen LogP contribution in [-0.4, -0.2) is 6.54 Å². The Kier molecular flexibility index (Phi) is 8.48. The van der Waals surface area contributed by atoms with E-state index in [1.807, 2.05) is 12.1 Å². The Hall–Kier alpha value is -0.890. The van der Waals surface area contributed by atoms with Crippen LogP contribution in [0.1, 0.15) is 70.4 Å². The van der Waals surface area contributed by atoms with E-state index < -0.39 is 0 Å². The van der Waals surface area contributed by atoms with Gasteiger partial charge in [-0.2, -0.15) is 0 Å². The lowest BCUT2D eigenvalue weighted by molar-refractivity contribution is 0.450. The third-order valence-electron chi connectivity index (χ3n) is 3.52. The van der Waals surface area contributed by atoms with Crippen LogP contribution in [0.3, 0.4) is 0 Å². The monoisotopic (exact) mass is 265 g/mol. The van der Waals surface area contributed by atoms with Crippen LogP contribution in [0.4, 0.5) is 4.39 Å². The molecule has 0 aliphatic carbocycles. The van der Waals surface area contributed by atoms with Crippen molar-refractivity contribution >= 4 is 0 Å². The summed E-state index contributed by atoms with van der Waals surface area (Å²) in [6, 6.07) is 7.33. The van der Waals surface area contributed by atoms with E-state index in [1.165, 1.54) is 32.1 Å². The van der Waals surface area contributed by atoms with Gasteiger partial charge in [0.2, 0.25) is 0 Å². The molecular weight excluding hydrogens is 237 g/mol. The highest BCUT2D eigenvalue weighted by Crippen LogP contribution is 2.22. The molecule has 1 aromatic rings. The third kappa shape index (κ3) is 6.20. The number of nitrogens with one attached hydrogen (secondary N) is 1. The van der Waals surface area contributed by atoms with Gasteiger partial charge in [0.15, 0.2) is 0 Å². The minimum absolute atomic E-state index is 0.0790. The highest BCUT2D eigenvalue weighted by Gasteiger charge is 2.13. The maximum atomic E-state index is 13.9. The highest BCUT2D eigenvalue weighted by molar-refractivity contribution is 5.21. The summed E-state index contributed by atoms with van der Waals surface area (Å²) in [6.45, 7) is 5.32. The summed E-state index contributed by atoms with van der Waals surface area (Å²) in [5, 5.41) is 3.48. The first-order valence-electron chi connectivity index (χ1n) is 7.77. The van der Waals surface area contributed by atoms with E-state index in [0.29, 0.717) is 0 Å². The topological polar surface area (TPSA) is 12.0 Å². The van der Waals surface area contributed by atoms with Crippen LogP contribution >= 0.6 is 0 Å². The van der Waals surface area contributed by atoms with E-state index in [0.717, 1.165) is 24.9 Å². The Morgan fingerprint density at radius 1 is 1.00 bits per heavy atom. The molecule has 0 heterocycles. The molecule has 0 bridgehead atoms. The molecule has 0 amide bonds. The highest BCUT2D eigenvalue weighted by atomic mass is 19.1. The van der Waals surface area contributed by atoms with Crippen molar-refractivity contribution in [1.29, 1.82) is 0 Å². The van der Waals surface area contributed by atoms with Crippen LogP contribution in [-0.2, 0) is 0 Å². The summed E-state index contributed by atoms with van der Waals surface area (Å²) >= 11 is 0. The molecule has 1 nitrogen and oxygen atoms in total. The Labute approximate surface area is 117 Å². The van der Waals surface area contributed by atoms with Gasteiger partial charge in [-0.05, 0) is 25.5 Å². The second kappa shape index (κ2) is 9.96. The average Bonchev–Trinajstić information content (AvgIpc) is 2.43. The fourth-order valence-electron chi connectivity index (χ4n) is 2.40. The number of hydrogen-bond acceptors (Lipinski definition) is 1. The van der Waals surface area contributed by atoms with Crippen LogP contribution in [0.25, 0.3) is 0 Å². The van der Waals surface area contributed by atoms with Gasteiger partial charge in [-0.3, -0.25) is 0 Å². The lowest BCUT2D eigenvalue weighted by Crippen LogP contribution is -2.23. The molecule has 108 valence electrons. The molecule has 0 aromatic heterocycles. The van der Waals surface area contributed by atoms with Gasteiger partial charge in [-0.15, -0.1) is 0 Å². The van der Waals surface area contributed by atoms with Gasteiger partial charge in [0.25, 0.3) is 0 Å². The second-order valence-corrected chi connectivity index (χ2v) is 5.23. The van der Waals surface area contributed by atoms with E-state index in [1.54, 1.807) is 12.1 Å². The largest absolute Gasteiger partial charge is 0.310 e. The molecule has 0 saturated heterocycles. The van der Waals surface area contributed by atoms with Crippen LogP contribution in [0.15, 0.2) is 24.3 Å². The summed E-state index contributed by atoms with van der Waals surface area (Å²) in [5.41, 5.74) is 0.825. The Bertz CT molecular complexity index is 338. The van der Waals surface area contributed by atoms with Crippen LogP contribution in [0.5, 0.6) is 0 Å².